The molecule has 1 aliphatic heterocycles. The molecule has 1 fully saturated rings. The first-order valence-electron chi connectivity index (χ1n) is 11.2. The zero-order valence-corrected chi connectivity index (χ0v) is 18.6. The van der Waals surface area contributed by atoms with Crippen LogP contribution in [-0.4, -0.2) is 40.0 Å². The zero-order chi connectivity index (χ0) is 20.9. The lowest BCUT2D eigenvalue weighted by Gasteiger charge is -2.32. The van der Waals surface area contributed by atoms with Crippen molar-refractivity contribution in [1.82, 2.24) is 14.5 Å². The number of carbonyl (C=O) groups is 1. The quantitative estimate of drug-likeness (QED) is 0.712. The minimum atomic E-state index is 0.0223. The third-order valence-corrected chi connectivity index (χ3v) is 7.64. The zero-order valence-electron chi connectivity index (χ0n) is 17.8. The first-order valence-corrected chi connectivity index (χ1v) is 12.0. The lowest BCUT2D eigenvalue weighted by Crippen LogP contribution is -2.38. The van der Waals surface area contributed by atoms with Crippen LogP contribution in [0, 0.1) is 17.2 Å². The van der Waals surface area contributed by atoms with Crippen LogP contribution >= 0.6 is 11.3 Å². The van der Waals surface area contributed by atoms with Gasteiger partial charge in [-0.25, -0.2) is 4.98 Å². The van der Waals surface area contributed by atoms with E-state index in [1.807, 2.05) is 19.4 Å². The minimum absolute atomic E-state index is 0.0223. The van der Waals surface area contributed by atoms with Crippen molar-refractivity contribution in [3.63, 3.8) is 0 Å². The summed E-state index contributed by atoms with van der Waals surface area (Å²) in [6.07, 6.45) is 13.3. The number of amides is 1. The molecule has 2 aromatic heterocycles. The van der Waals surface area contributed by atoms with Crippen LogP contribution in [0.25, 0.3) is 0 Å². The van der Waals surface area contributed by atoms with Gasteiger partial charge >= 0.3 is 0 Å². The van der Waals surface area contributed by atoms with Crippen LogP contribution in [0.1, 0.15) is 60.4 Å². The van der Waals surface area contributed by atoms with E-state index in [0.717, 1.165) is 56.1 Å². The Hall–Kier alpha value is -2.17. The average Bonchev–Trinajstić information content (AvgIpc) is 3.20. The molecule has 1 saturated heterocycles. The largest absolute Gasteiger partial charge is 0.338 e. The molecule has 160 valence electrons. The van der Waals surface area contributed by atoms with E-state index in [4.69, 9.17) is 0 Å². The molecule has 3 heterocycles. The van der Waals surface area contributed by atoms with Crippen molar-refractivity contribution in [3.8, 4) is 6.07 Å². The van der Waals surface area contributed by atoms with Crippen LogP contribution in [0.3, 0.4) is 0 Å². The van der Waals surface area contributed by atoms with Crippen molar-refractivity contribution in [2.24, 2.45) is 13.0 Å². The highest BCUT2D eigenvalue weighted by Crippen LogP contribution is 2.37. The summed E-state index contributed by atoms with van der Waals surface area (Å²) in [6, 6.07) is 2.35. The highest BCUT2D eigenvalue weighted by molar-refractivity contribution is 7.16. The summed E-state index contributed by atoms with van der Waals surface area (Å²) in [5.74, 6) is 1.76. The predicted molar refractivity (Wildman–Crippen MR) is 120 cm³/mol. The average molecular weight is 426 g/mol. The van der Waals surface area contributed by atoms with Gasteiger partial charge < -0.3 is 14.8 Å². The molecule has 0 aromatic carbocycles. The number of likely N-dealkylation sites (tertiary alicyclic amines) is 1. The minimum Gasteiger partial charge on any atom is -0.338 e. The summed E-state index contributed by atoms with van der Waals surface area (Å²) in [5, 5.41) is 13.5. The monoisotopic (exact) mass is 425 g/mol. The topological polar surface area (TPSA) is 74.0 Å². The van der Waals surface area contributed by atoms with Crippen LogP contribution < -0.4 is 5.32 Å². The number of imidazole rings is 1. The van der Waals surface area contributed by atoms with Gasteiger partial charge in [0.05, 0.1) is 5.56 Å². The molecule has 0 radical (unpaired) electrons. The Bertz CT molecular complexity index is 925. The van der Waals surface area contributed by atoms with Crippen LogP contribution in [0.4, 0.5) is 5.00 Å². The maximum absolute atomic E-state index is 12.6. The first-order chi connectivity index (χ1) is 14.6. The normalized spacial score (nSPS) is 19.7. The molecular weight excluding hydrogens is 394 g/mol. The van der Waals surface area contributed by atoms with E-state index < -0.39 is 0 Å². The third-order valence-electron chi connectivity index (χ3n) is 6.44. The lowest BCUT2D eigenvalue weighted by atomic mass is 9.94. The fraction of sp³-hybridized carbons (Fsp3) is 0.609. The number of carbonyl (C=O) groups excluding carboxylic acids is 1. The fourth-order valence-corrected chi connectivity index (χ4v) is 6.03. The number of piperidine rings is 1. The number of aromatic nitrogens is 2. The van der Waals surface area contributed by atoms with E-state index >= 15 is 0 Å². The van der Waals surface area contributed by atoms with Crippen molar-refractivity contribution in [2.45, 2.75) is 57.8 Å². The number of hydrogen-bond acceptors (Lipinski definition) is 5. The van der Waals surface area contributed by atoms with Crippen molar-refractivity contribution in [2.75, 3.05) is 25.0 Å². The van der Waals surface area contributed by atoms with Crippen molar-refractivity contribution in [1.29, 1.82) is 5.26 Å². The van der Waals surface area contributed by atoms with Crippen LogP contribution in [0.2, 0.25) is 0 Å². The van der Waals surface area contributed by atoms with E-state index in [-0.39, 0.29) is 5.91 Å². The van der Waals surface area contributed by atoms with Gasteiger partial charge in [0.2, 0.25) is 5.91 Å². The Morgan fingerprint density at radius 2 is 2.20 bits per heavy atom. The number of fused-ring (bicyclic) bond motifs is 1. The van der Waals surface area contributed by atoms with E-state index in [0.29, 0.717) is 17.9 Å². The molecule has 1 atom stereocenters. The standard InChI is InChI=1S/C23H31N5OS/c1-27-13-10-25-21(27)14-17-6-5-11-28(16-17)12-9-22(29)26-23-19(15-24)18-7-3-2-4-8-20(18)30-23/h10,13,17H,2-9,11-12,14,16H2,1H3,(H,26,29)/t17-/m0/s1. The number of anilines is 1. The third kappa shape index (κ3) is 4.93. The molecule has 4 rings (SSSR count). The summed E-state index contributed by atoms with van der Waals surface area (Å²) < 4.78 is 2.10. The molecule has 1 N–H and O–H groups in total. The van der Waals surface area contributed by atoms with Gasteiger partial charge in [0.25, 0.3) is 0 Å². The van der Waals surface area contributed by atoms with Crippen molar-refractivity contribution < 1.29 is 4.79 Å². The molecule has 30 heavy (non-hydrogen) atoms. The number of aryl methyl sites for hydroxylation is 2. The SMILES string of the molecule is Cn1ccnc1C[C@@H]1CCCN(CCC(=O)Nc2sc3c(c2C#N)CCCCC3)C1. The molecule has 6 nitrogen and oxygen atoms in total. The number of thiophene rings is 1. The van der Waals surface area contributed by atoms with Gasteiger partial charge in [0.1, 0.15) is 16.9 Å². The van der Waals surface area contributed by atoms with E-state index in [2.05, 4.69) is 25.8 Å². The first kappa shape index (κ1) is 21.1. The van der Waals surface area contributed by atoms with Gasteiger partial charge in [-0.1, -0.05) is 6.42 Å². The Morgan fingerprint density at radius 3 is 3.00 bits per heavy atom. The van der Waals surface area contributed by atoms with Crippen LogP contribution in [-0.2, 0) is 31.1 Å². The van der Waals surface area contributed by atoms with E-state index in [9.17, 15) is 10.1 Å². The predicted octanol–water partition coefficient (Wildman–Crippen LogP) is 3.91. The Labute approximate surface area is 182 Å². The maximum atomic E-state index is 12.6. The highest BCUT2D eigenvalue weighted by Gasteiger charge is 2.23. The maximum Gasteiger partial charge on any atom is 0.226 e. The Morgan fingerprint density at radius 1 is 1.33 bits per heavy atom. The Balaban J connectivity index is 1.30. The fourth-order valence-electron chi connectivity index (χ4n) is 4.77. The van der Waals surface area contributed by atoms with E-state index in [1.54, 1.807) is 11.3 Å². The van der Waals surface area contributed by atoms with Gasteiger partial charge in [0, 0.05) is 50.2 Å². The van der Waals surface area contributed by atoms with Gasteiger partial charge in [-0.2, -0.15) is 5.26 Å². The molecule has 0 saturated carbocycles. The number of nitrogens with one attached hydrogen (secondary N) is 1. The summed E-state index contributed by atoms with van der Waals surface area (Å²) >= 11 is 1.62. The molecule has 0 unspecified atom stereocenters. The lowest BCUT2D eigenvalue weighted by molar-refractivity contribution is -0.116. The van der Waals surface area contributed by atoms with E-state index in [1.165, 1.54) is 36.1 Å². The van der Waals surface area contributed by atoms with Crippen molar-refractivity contribution >= 4 is 22.2 Å². The second-order valence-corrected chi connectivity index (χ2v) is 9.75. The molecular formula is C23H31N5OS. The summed E-state index contributed by atoms with van der Waals surface area (Å²) in [6.45, 7) is 2.86. The molecule has 2 aliphatic rings. The molecule has 1 aliphatic carbocycles. The Kier molecular flexibility index (Phi) is 6.86. The molecule has 0 bridgehead atoms. The van der Waals surface area contributed by atoms with Crippen molar-refractivity contribution in [3.05, 3.63) is 34.2 Å². The van der Waals surface area contributed by atoms with Gasteiger partial charge in [0.15, 0.2) is 0 Å². The van der Waals surface area contributed by atoms with Crippen LogP contribution in [0.15, 0.2) is 12.4 Å². The summed E-state index contributed by atoms with van der Waals surface area (Å²) in [5.41, 5.74) is 1.89. The van der Waals surface area contributed by atoms with Crippen LogP contribution in [0.5, 0.6) is 0 Å². The van der Waals surface area contributed by atoms with Gasteiger partial charge in [-0.15, -0.1) is 11.3 Å². The molecule has 2 aromatic rings. The molecule has 1 amide bonds. The number of rotatable bonds is 6. The smallest absolute Gasteiger partial charge is 0.226 e. The molecule has 7 heteroatoms. The number of nitrogens with zero attached hydrogens (tertiary/aromatic N) is 4. The second kappa shape index (κ2) is 9.76. The van der Waals surface area contributed by atoms with Gasteiger partial charge in [-0.05, 0) is 56.6 Å². The second-order valence-electron chi connectivity index (χ2n) is 8.65. The number of nitriles is 1. The number of hydrogen-bond donors (Lipinski definition) is 1. The van der Waals surface area contributed by atoms with Gasteiger partial charge in [-0.3, -0.25) is 4.79 Å². The summed E-state index contributed by atoms with van der Waals surface area (Å²) in [4.78, 5) is 20.8. The summed E-state index contributed by atoms with van der Waals surface area (Å²) in [7, 11) is 2.05. The highest BCUT2D eigenvalue weighted by atomic mass is 32.1. The molecule has 0 spiro atoms.